The van der Waals surface area contributed by atoms with Crippen LogP contribution in [-0.4, -0.2) is 33.2 Å². The van der Waals surface area contributed by atoms with Crippen molar-refractivity contribution >= 4 is 10.4 Å². The van der Waals surface area contributed by atoms with Crippen molar-refractivity contribution in [2.75, 3.05) is 20.2 Å². The van der Waals surface area contributed by atoms with Gasteiger partial charge < -0.3 is 9.45 Å². The zero-order valence-corrected chi connectivity index (χ0v) is 11.9. The lowest BCUT2D eigenvalue weighted by Gasteiger charge is -2.14. The first-order valence-corrected chi connectivity index (χ1v) is 7.15. The first-order chi connectivity index (χ1) is 8.42. The van der Waals surface area contributed by atoms with Gasteiger partial charge >= 0.3 is 0 Å². The van der Waals surface area contributed by atoms with Gasteiger partial charge in [-0.05, 0) is 13.8 Å². The Morgan fingerprint density at radius 3 is 1.94 bits per heavy atom. The molecule has 0 aromatic heterocycles. The predicted molar refractivity (Wildman–Crippen MR) is 68.9 cm³/mol. The number of rotatable bonds is 5. The van der Waals surface area contributed by atoms with Crippen LogP contribution in [0.5, 0.6) is 0 Å². The highest BCUT2D eigenvalue weighted by molar-refractivity contribution is 7.80. The molecule has 6 heteroatoms. The van der Waals surface area contributed by atoms with Crippen LogP contribution < -0.4 is 4.90 Å². The monoisotopic (exact) mass is 275 g/mol. The van der Waals surface area contributed by atoms with Crippen molar-refractivity contribution in [1.29, 1.82) is 0 Å². The number of hydrogen-bond donors (Lipinski definition) is 1. The van der Waals surface area contributed by atoms with E-state index in [-0.39, 0.29) is 0 Å². The number of quaternary nitrogens is 1. The molecule has 0 aliphatic carbocycles. The van der Waals surface area contributed by atoms with Crippen molar-refractivity contribution in [2.24, 2.45) is 0 Å². The fraction of sp³-hybridized carbons (Fsp3) is 0.500. The van der Waals surface area contributed by atoms with Crippen LogP contribution in [0.2, 0.25) is 0 Å². The van der Waals surface area contributed by atoms with Crippen LogP contribution in [-0.2, 0) is 21.1 Å². The molecule has 1 aromatic carbocycles. The minimum atomic E-state index is -4.41. The summed E-state index contributed by atoms with van der Waals surface area (Å²) >= 11 is 0. The lowest BCUT2D eigenvalue weighted by molar-refractivity contribution is -0.910. The summed E-state index contributed by atoms with van der Waals surface area (Å²) in [5, 5.41) is 0. The summed E-state index contributed by atoms with van der Waals surface area (Å²) in [7, 11) is -3.60. The molecule has 0 amide bonds. The van der Waals surface area contributed by atoms with Gasteiger partial charge in [0.15, 0.2) is 0 Å². The van der Waals surface area contributed by atoms with E-state index in [2.05, 4.69) is 48.4 Å². The summed E-state index contributed by atoms with van der Waals surface area (Å²) < 4.78 is 31.0. The first kappa shape index (κ1) is 17.1. The van der Waals surface area contributed by atoms with E-state index in [4.69, 9.17) is 0 Å². The van der Waals surface area contributed by atoms with E-state index < -0.39 is 10.4 Å². The molecule has 0 heterocycles. The van der Waals surface area contributed by atoms with Crippen molar-refractivity contribution in [2.45, 2.75) is 20.4 Å². The molecule has 1 N–H and O–H groups in total. The Bertz CT molecular complexity index is 401. The molecule has 0 spiro atoms. The fourth-order valence-corrected chi connectivity index (χ4v) is 1.38. The molecule has 0 bridgehead atoms. The van der Waals surface area contributed by atoms with Crippen LogP contribution >= 0.6 is 0 Å². The average molecular weight is 275 g/mol. The number of benzene rings is 1. The quantitative estimate of drug-likeness (QED) is 0.616. The van der Waals surface area contributed by atoms with E-state index in [1.165, 1.54) is 18.7 Å². The molecule has 0 fully saturated rings. The van der Waals surface area contributed by atoms with E-state index in [0.29, 0.717) is 0 Å². The largest absolute Gasteiger partial charge is 0.726 e. The van der Waals surface area contributed by atoms with E-state index >= 15 is 0 Å². The number of hydrogen-bond acceptors (Lipinski definition) is 4. The smallest absolute Gasteiger partial charge is 0.217 e. The summed E-state index contributed by atoms with van der Waals surface area (Å²) in [6, 6.07) is 10.7. The van der Waals surface area contributed by atoms with Gasteiger partial charge in [-0.3, -0.25) is 4.18 Å². The second-order valence-electron chi connectivity index (χ2n) is 3.69. The third-order valence-corrected chi connectivity index (χ3v) is 2.91. The zero-order valence-electron chi connectivity index (χ0n) is 11.0. The summed E-state index contributed by atoms with van der Waals surface area (Å²) in [4.78, 5) is 1.64. The Balaban J connectivity index is 0.000000411. The normalized spacial score (nSPS) is 10.9. The molecule has 5 nitrogen and oxygen atoms in total. The number of nitrogens with one attached hydrogen (secondary N) is 1. The SMILES string of the molecule is CC[NH+](CC)Cc1ccccc1.COS(=O)(=O)[O-]. The fourth-order valence-electron chi connectivity index (χ4n) is 1.38. The van der Waals surface area contributed by atoms with Crippen molar-refractivity contribution in [1.82, 2.24) is 0 Å². The van der Waals surface area contributed by atoms with Gasteiger partial charge in [0.25, 0.3) is 0 Å². The van der Waals surface area contributed by atoms with Gasteiger partial charge in [-0.25, -0.2) is 8.42 Å². The molecule has 1 rings (SSSR count). The second kappa shape index (κ2) is 9.04. The third kappa shape index (κ3) is 9.12. The molecule has 104 valence electrons. The highest BCUT2D eigenvalue weighted by Crippen LogP contribution is 1.94. The van der Waals surface area contributed by atoms with Crippen molar-refractivity contribution in [3.8, 4) is 0 Å². The molecule has 0 radical (unpaired) electrons. The predicted octanol–water partition coefficient (Wildman–Crippen LogP) is 0.204. The highest BCUT2D eigenvalue weighted by Gasteiger charge is 2.02. The van der Waals surface area contributed by atoms with Gasteiger partial charge in [0.2, 0.25) is 10.4 Å². The van der Waals surface area contributed by atoms with E-state index in [0.717, 1.165) is 13.7 Å². The van der Waals surface area contributed by atoms with Gasteiger partial charge in [-0.2, -0.15) is 0 Å². The van der Waals surface area contributed by atoms with Gasteiger partial charge in [0.1, 0.15) is 6.54 Å². The Hall–Kier alpha value is -0.950. The van der Waals surface area contributed by atoms with Crippen LogP contribution in [0.3, 0.4) is 0 Å². The van der Waals surface area contributed by atoms with Crippen LogP contribution in [0.1, 0.15) is 19.4 Å². The molecule has 1 aromatic rings. The van der Waals surface area contributed by atoms with Crippen molar-refractivity contribution in [3.63, 3.8) is 0 Å². The summed E-state index contributed by atoms with van der Waals surface area (Å²) in [6.45, 7) is 8.06. The van der Waals surface area contributed by atoms with Crippen LogP contribution in [0.4, 0.5) is 0 Å². The maximum Gasteiger partial charge on any atom is 0.217 e. The Kier molecular flexibility index (Phi) is 8.57. The van der Waals surface area contributed by atoms with Gasteiger partial charge in [0, 0.05) is 5.56 Å². The topological polar surface area (TPSA) is 70.9 Å². The lowest BCUT2D eigenvalue weighted by atomic mass is 10.2. The zero-order chi connectivity index (χ0) is 14.0. The second-order valence-corrected chi connectivity index (χ2v) is 4.84. The van der Waals surface area contributed by atoms with E-state index in [1.807, 2.05) is 0 Å². The van der Waals surface area contributed by atoms with Gasteiger partial charge in [-0.15, -0.1) is 0 Å². The molecule has 0 aliphatic rings. The van der Waals surface area contributed by atoms with Crippen molar-refractivity contribution < 1.29 is 22.1 Å². The molecule has 0 saturated heterocycles. The van der Waals surface area contributed by atoms with Crippen molar-refractivity contribution in [3.05, 3.63) is 35.9 Å². The first-order valence-electron chi connectivity index (χ1n) is 5.81. The van der Waals surface area contributed by atoms with E-state index in [1.54, 1.807) is 4.90 Å². The summed E-state index contributed by atoms with van der Waals surface area (Å²) in [5.41, 5.74) is 1.44. The molecule has 0 unspecified atom stereocenters. The van der Waals surface area contributed by atoms with Crippen LogP contribution in [0.15, 0.2) is 30.3 Å². The van der Waals surface area contributed by atoms with Crippen LogP contribution in [0.25, 0.3) is 0 Å². The minimum Gasteiger partial charge on any atom is -0.726 e. The van der Waals surface area contributed by atoms with E-state index in [9.17, 15) is 13.0 Å². The van der Waals surface area contributed by atoms with Gasteiger partial charge in [-0.1, -0.05) is 30.3 Å². The Morgan fingerprint density at radius 1 is 1.17 bits per heavy atom. The molecule has 0 aliphatic heterocycles. The lowest BCUT2D eigenvalue weighted by Crippen LogP contribution is -3.10. The summed E-state index contributed by atoms with van der Waals surface area (Å²) in [6.07, 6.45) is 0. The molecule has 18 heavy (non-hydrogen) atoms. The molecule has 0 atom stereocenters. The maximum atomic E-state index is 9.22. The molecular weight excluding hydrogens is 254 g/mol. The average Bonchev–Trinajstić information content (AvgIpc) is 2.37. The Morgan fingerprint density at radius 2 is 1.61 bits per heavy atom. The molecular formula is C12H21NO4S. The maximum absolute atomic E-state index is 9.22. The standard InChI is InChI=1S/C11H17N.CH4O4S/c1-3-12(4-2)10-11-8-6-5-7-9-11;1-5-6(2,3)4/h5-9H,3-4,10H2,1-2H3;1H3,(H,2,3,4). The summed E-state index contributed by atoms with van der Waals surface area (Å²) in [5.74, 6) is 0. The highest BCUT2D eigenvalue weighted by atomic mass is 32.3. The third-order valence-electron chi connectivity index (χ3n) is 2.50. The van der Waals surface area contributed by atoms with Gasteiger partial charge in [0.05, 0.1) is 20.2 Å². The van der Waals surface area contributed by atoms with Crippen LogP contribution in [0, 0.1) is 0 Å². The minimum absolute atomic E-state index is 0.808. The molecule has 0 saturated carbocycles. The Labute approximate surface area is 109 Å².